The zero-order chi connectivity index (χ0) is 65.1. The van der Waals surface area contributed by atoms with Gasteiger partial charge in [0.1, 0.15) is 6.10 Å². The number of unbranched alkanes of at least 4 members (excludes halogenated alkanes) is 3. The molecule has 19 heteroatoms. The van der Waals surface area contributed by atoms with E-state index < -0.39 is 128 Å². The van der Waals surface area contributed by atoms with E-state index in [2.05, 4.69) is 130 Å². The zero-order valence-corrected chi connectivity index (χ0v) is 65.5. The van der Waals surface area contributed by atoms with E-state index in [9.17, 15) is 15.3 Å². The van der Waals surface area contributed by atoms with E-state index in [0.717, 1.165) is 42.7 Å². The second-order valence-electron chi connectivity index (χ2n) is 28.5. The van der Waals surface area contributed by atoms with Crippen LogP contribution in [0.25, 0.3) is 0 Å². The first kappa shape index (κ1) is 80.8. The molecule has 0 spiro atoms. The average Bonchev–Trinajstić information content (AvgIpc) is 1.33. The van der Waals surface area contributed by atoms with Crippen molar-refractivity contribution in [3.8, 4) is 0 Å². The Morgan fingerprint density at radius 3 is 1.76 bits per heavy atom. The van der Waals surface area contributed by atoms with Gasteiger partial charge in [-0.25, -0.2) is 0 Å². The standard InChI is InChI=1S/C55H109O15Si3.3C4H9.Sn/c1-22-29-30-31-42(56)45(60-17)33-43(57)51(58)55(62-19)38(9)49(69-72(23-2,24-3)25-4)37(8)44(67-55)32-41(36-59-16)65-48-35-54(15,70-73(26-5,27-6)28-7)52(40(11)64-48)66-47-34-46(61-18)50(39(10)63-47)68-71(20,21)53(12,13)14;3*1-3-4-2;/h29,37-52,56-58H,23-28,30-36H2,1-21H3;3*1,3-4H2,2H3;/t37-,38+,39+,40-,41+,42-,43-,44+,45-,46+,47-,48-,49-,50+,51+,52-,54-,55+;;;;/m0..../s1. The maximum absolute atomic E-state index is 12.7. The Morgan fingerprint density at radius 2 is 1.28 bits per heavy atom. The van der Waals surface area contributed by atoms with Gasteiger partial charge in [-0.15, -0.1) is 0 Å². The molecule has 0 aromatic rings. The number of ether oxygens (including phenoxy) is 9. The van der Waals surface area contributed by atoms with Gasteiger partial charge in [0, 0.05) is 39.4 Å². The fraction of sp³-hybridized carbons (Fsp3) is 0.970. The summed E-state index contributed by atoms with van der Waals surface area (Å²) in [7, 11) is -0.166. The summed E-state index contributed by atoms with van der Waals surface area (Å²) in [4.78, 5) is 0. The molecule has 15 nitrogen and oxygen atoms in total. The SMILES string of the molecule is CCC[CH2][Sn]([CH2]CCC)([CH2]CCC)/[C](C)=C/CC[C@H](O)[C@H](C[C@H](O)[C@@H](O)[C@]1(OC)O[C@H](C[C@H](COC)O[C@H]2C[C@](C)(O[Si](CC)(CC)CC)[C@@H](O[C@H]3C[C@@H](OC)[C@H](O[Si](C)(C)C(C)(C)C)[C@@H](C)O3)[C@H](C)O2)[C@H](C)[C@H](O[Si](CC)(CC)CC)[C@H]1C)OC. The molecule has 0 radical (unpaired) electrons. The third kappa shape index (κ3) is 20.8. The van der Waals surface area contributed by atoms with Gasteiger partial charge in [-0.05, 0) is 75.2 Å². The molecular weight excluding hydrogens is 1250 g/mol. The van der Waals surface area contributed by atoms with E-state index in [0.29, 0.717) is 25.7 Å². The Morgan fingerprint density at radius 1 is 0.733 bits per heavy atom. The first-order valence-corrected chi connectivity index (χ1v) is 50.0. The summed E-state index contributed by atoms with van der Waals surface area (Å²) in [5.41, 5.74) is -0.824. The van der Waals surface area contributed by atoms with Crippen molar-refractivity contribution in [3.63, 3.8) is 0 Å². The van der Waals surface area contributed by atoms with Gasteiger partial charge < -0.3 is 41.7 Å². The number of allylic oxidation sites excluding steroid dienone is 2. The van der Waals surface area contributed by atoms with Crippen LogP contribution in [0.3, 0.4) is 0 Å². The summed E-state index contributed by atoms with van der Waals surface area (Å²) in [5.74, 6) is -2.40. The molecule has 3 rings (SSSR count). The number of rotatable bonds is 41. The van der Waals surface area contributed by atoms with Crippen LogP contribution in [0.4, 0.5) is 0 Å². The molecule has 3 heterocycles. The summed E-state index contributed by atoms with van der Waals surface area (Å²) >= 11 is -2.60. The molecular formula is C67H136O15Si3Sn. The summed E-state index contributed by atoms with van der Waals surface area (Å²) in [6.07, 6.45) is 3.38. The van der Waals surface area contributed by atoms with Gasteiger partial charge in [0.2, 0.25) is 0 Å². The topological polar surface area (TPSA) is 171 Å². The first-order valence-electron chi connectivity index (χ1n) is 34.6. The molecule has 0 amide bonds. The molecule has 3 fully saturated rings. The van der Waals surface area contributed by atoms with E-state index in [-0.39, 0.29) is 42.3 Å². The van der Waals surface area contributed by atoms with Crippen LogP contribution in [0.15, 0.2) is 9.67 Å². The summed E-state index contributed by atoms with van der Waals surface area (Å²) < 4.78 is 87.6. The van der Waals surface area contributed by atoms with Gasteiger partial charge in [0.05, 0.1) is 42.7 Å². The van der Waals surface area contributed by atoms with E-state index >= 15 is 0 Å². The van der Waals surface area contributed by atoms with Crippen LogP contribution in [0.2, 0.25) is 67.7 Å². The van der Waals surface area contributed by atoms with Crippen molar-refractivity contribution in [2.75, 3.05) is 35.0 Å². The molecule has 510 valence electrons. The van der Waals surface area contributed by atoms with Crippen LogP contribution < -0.4 is 0 Å². The normalized spacial score (nSPS) is 31.2. The quantitative estimate of drug-likeness (QED) is 0.0494. The molecule has 3 aliphatic rings. The first-order chi connectivity index (χ1) is 40.4. The van der Waals surface area contributed by atoms with Crippen molar-refractivity contribution in [3.05, 3.63) is 9.67 Å². The molecule has 0 aromatic heterocycles. The Balaban J connectivity index is 2.01. The van der Waals surface area contributed by atoms with Crippen molar-refractivity contribution in [1.29, 1.82) is 0 Å². The Hall–Kier alpha value is 0.589. The molecule has 86 heavy (non-hydrogen) atoms. The van der Waals surface area contributed by atoms with Crippen LogP contribution in [0.1, 0.15) is 202 Å². The van der Waals surface area contributed by atoms with Gasteiger partial charge >= 0.3 is 226 Å². The monoisotopic (exact) mass is 1380 g/mol. The fourth-order valence-electron chi connectivity index (χ4n) is 14.4. The predicted octanol–water partition coefficient (Wildman–Crippen LogP) is 15.3. The van der Waals surface area contributed by atoms with E-state index in [1.807, 2.05) is 13.8 Å². The van der Waals surface area contributed by atoms with Crippen LogP contribution in [-0.2, 0) is 55.9 Å². The van der Waals surface area contributed by atoms with Crippen LogP contribution >= 0.6 is 0 Å². The molecule has 0 saturated carbocycles. The molecule has 0 bridgehead atoms. The Labute approximate surface area is 534 Å². The number of hydrogen-bond acceptors (Lipinski definition) is 15. The predicted molar refractivity (Wildman–Crippen MR) is 360 cm³/mol. The van der Waals surface area contributed by atoms with Crippen LogP contribution in [-0.4, -0.2) is 191 Å². The number of hydrogen-bond donors (Lipinski definition) is 3. The zero-order valence-electron chi connectivity index (χ0n) is 59.6. The van der Waals surface area contributed by atoms with Crippen molar-refractivity contribution in [2.24, 2.45) is 11.8 Å². The Kier molecular flexibility index (Phi) is 34.8. The van der Waals surface area contributed by atoms with Crippen LogP contribution in [0.5, 0.6) is 0 Å². The van der Waals surface area contributed by atoms with Gasteiger partial charge in [-0.3, -0.25) is 0 Å². The maximum atomic E-state index is 12.7. The third-order valence-corrected chi connectivity index (χ3v) is 52.4. The minimum atomic E-state index is -2.60. The summed E-state index contributed by atoms with van der Waals surface area (Å²) in [6.45, 7) is 44.7. The fourth-order valence-corrected chi connectivity index (χ4v) is 37.9. The van der Waals surface area contributed by atoms with Gasteiger partial charge in [0.15, 0.2) is 37.5 Å². The molecule has 0 aliphatic carbocycles. The van der Waals surface area contributed by atoms with E-state index in [4.69, 9.17) is 55.9 Å². The summed E-state index contributed by atoms with van der Waals surface area (Å²) in [5, 5.41) is 36.9. The number of aliphatic hydroxyl groups excluding tert-OH is 3. The Bertz CT molecular complexity index is 1870. The van der Waals surface area contributed by atoms with E-state index in [1.54, 1.807) is 32.0 Å². The van der Waals surface area contributed by atoms with Crippen molar-refractivity contribution < 1.29 is 71.2 Å². The summed E-state index contributed by atoms with van der Waals surface area (Å²) in [6, 6.07) is 5.64. The van der Waals surface area contributed by atoms with E-state index in [1.165, 1.54) is 51.8 Å². The van der Waals surface area contributed by atoms with Gasteiger partial charge in [-0.1, -0.05) is 69.2 Å². The minimum absolute atomic E-state index is 0.0221. The molecule has 3 aliphatic heterocycles. The molecule has 18 atom stereocenters. The van der Waals surface area contributed by atoms with Crippen LogP contribution in [0, 0.1) is 11.8 Å². The van der Waals surface area contributed by atoms with Crippen molar-refractivity contribution >= 4 is 43.3 Å². The number of aliphatic hydroxyl groups is 3. The molecule has 0 aromatic carbocycles. The average molecular weight is 1380 g/mol. The third-order valence-electron chi connectivity index (χ3n) is 22.0. The van der Waals surface area contributed by atoms with Crippen molar-refractivity contribution in [2.45, 2.75) is 367 Å². The van der Waals surface area contributed by atoms with Crippen molar-refractivity contribution in [1.82, 2.24) is 0 Å². The van der Waals surface area contributed by atoms with Gasteiger partial charge in [-0.2, -0.15) is 0 Å². The second kappa shape index (κ2) is 37.0. The molecule has 3 N–H and O–H groups in total. The van der Waals surface area contributed by atoms with Gasteiger partial charge in [0.25, 0.3) is 0 Å². The second-order valence-corrected chi connectivity index (χ2v) is 56.5. The number of methoxy groups -OCH3 is 4. The molecule has 0 unspecified atom stereocenters. The molecule has 3 saturated heterocycles.